The van der Waals surface area contributed by atoms with Gasteiger partial charge in [0.2, 0.25) is 0 Å². The van der Waals surface area contributed by atoms with E-state index in [4.69, 9.17) is 9.47 Å². The fourth-order valence-corrected chi connectivity index (χ4v) is 1.41. The van der Waals surface area contributed by atoms with Crippen LogP contribution < -0.4 is 5.32 Å². The lowest BCUT2D eigenvalue weighted by atomic mass is 10.2. The second-order valence-electron chi connectivity index (χ2n) is 4.04. The maximum absolute atomic E-state index is 5.42. The highest BCUT2D eigenvalue weighted by Gasteiger charge is 1.90. The molecule has 0 bridgehead atoms. The standard InChI is InChI=1S/C13H29NO2/c1-3-5-6-7-8-14-9-11-16-13-12-15-10-4-2/h14H,3-13H2,1-2H3. The molecule has 0 atom stereocenters. The Balaban J connectivity index is 2.83. The molecule has 0 heterocycles. The molecule has 0 aromatic heterocycles. The van der Waals surface area contributed by atoms with Gasteiger partial charge in [-0.05, 0) is 19.4 Å². The molecule has 98 valence electrons. The Labute approximate surface area is 101 Å². The van der Waals surface area contributed by atoms with Crippen LogP contribution in [0.3, 0.4) is 0 Å². The van der Waals surface area contributed by atoms with Gasteiger partial charge < -0.3 is 14.8 Å². The van der Waals surface area contributed by atoms with Crippen molar-refractivity contribution in [3.05, 3.63) is 0 Å². The third kappa shape index (κ3) is 13.9. The minimum Gasteiger partial charge on any atom is -0.379 e. The molecule has 3 heteroatoms. The first kappa shape index (κ1) is 15.9. The summed E-state index contributed by atoms with van der Waals surface area (Å²) in [6.45, 7) is 9.52. The van der Waals surface area contributed by atoms with Gasteiger partial charge in [0.05, 0.1) is 19.8 Å². The summed E-state index contributed by atoms with van der Waals surface area (Å²) in [7, 11) is 0. The number of unbranched alkanes of at least 4 members (excludes halogenated alkanes) is 3. The van der Waals surface area contributed by atoms with Gasteiger partial charge in [-0.1, -0.05) is 33.1 Å². The third-order valence-corrected chi connectivity index (χ3v) is 2.35. The first-order valence-corrected chi connectivity index (χ1v) is 6.78. The lowest BCUT2D eigenvalue weighted by Crippen LogP contribution is -2.21. The molecule has 16 heavy (non-hydrogen) atoms. The zero-order valence-corrected chi connectivity index (χ0v) is 11.1. The quantitative estimate of drug-likeness (QED) is 0.494. The highest BCUT2D eigenvalue weighted by atomic mass is 16.5. The van der Waals surface area contributed by atoms with Gasteiger partial charge in [0.15, 0.2) is 0 Å². The number of nitrogens with one attached hydrogen (secondary N) is 1. The molecule has 1 N–H and O–H groups in total. The third-order valence-electron chi connectivity index (χ3n) is 2.35. The molecule has 0 unspecified atom stereocenters. The van der Waals surface area contributed by atoms with Crippen LogP contribution in [0.5, 0.6) is 0 Å². The molecule has 0 aromatic rings. The zero-order valence-electron chi connectivity index (χ0n) is 11.1. The van der Waals surface area contributed by atoms with Crippen molar-refractivity contribution < 1.29 is 9.47 Å². The maximum atomic E-state index is 5.42. The van der Waals surface area contributed by atoms with Crippen molar-refractivity contribution in [2.45, 2.75) is 46.0 Å². The van der Waals surface area contributed by atoms with E-state index in [-0.39, 0.29) is 0 Å². The number of hydrogen-bond donors (Lipinski definition) is 1. The van der Waals surface area contributed by atoms with Crippen molar-refractivity contribution in [2.24, 2.45) is 0 Å². The lowest BCUT2D eigenvalue weighted by molar-refractivity contribution is 0.0491. The van der Waals surface area contributed by atoms with Gasteiger partial charge in [-0.15, -0.1) is 0 Å². The van der Waals surface area contributed by atoms with Crippen LogP contribution in [0, 0.1) is 0 Å². The SMILES string of the molecule is CCCCCCNCCOCCOCCC. The van der Waals surface area contributed by atoms with E-state index < -0.39 is 0 Å². The van der Waals surface area contributed by atoms with Crippen LogP contribution in [-0.2, 0) is 9.47 Å². The Bertz CT molecular complexity index is 107. The van der Waals surface area contributed by atoms with Gasteiger partial charge in [0.25, 0.3) is 0 Å². The minimum atomic E-state index is 0.720. The largest absolute Gasteiger partial charge is 0.379 e. The predicted molar refractivity (Wildman–Crippen MR) is 68.9 cm³/mol. The highest BCUT2D eigenvalue weighted by molar-refractivity contribution is 4.47. The van der Waals surface area contributed by atoms with Crippen molar-refractivity contribution >= 4 is 0 Å². The van der Waals surface area contributed by atoms with Crippen LogP contribution in [0.4, 0.5) is 0 Å². The van der Waals surface area contributed by atoms with Gasteiger partial charge in [-0.2, -0.15) is 0 Å². The Morgan fingerprint density at radius 2 is 1.44 bits per heavy atom. The maximum Gasteiger partial charge on any atom is 0.0701 e. The van der Waals surface area contributed by atoms with E-state index in [1.54, 1.807) is 0 Å². The molecule has 0 aromatic carbocycles. The fraction of sp³-hybridized carbons (Fsp3) is 1.00. The van der Waals surface area contributed by atoms with E-state index in [2.05, 4.69) is 19.2 Å². The van der Waals surface area contributed by atoms with Crippen molar-refractivity contribution in [1.29, 1.82) is 0 Å². The normalized spacial score (nSPS) is 10.9. The van der Waals surface area contributed by atoms with Crippen LogP contribution in [0.2, 0.25) is 0 Å². The molecular weight excluding hydrogens is 202 g/mol. The van der Waals surface area contributed by atoms with E-state index in [0.29, 0.717) is 0 Å². The van der Waals surface area contributed by atoms with Crippen LogP contribution in [0.25, 0.3) is 0 Å². The molecule has 0 saturated carbocycles. The van der Waals surface area contributed by atoms with Crippen LogP contribution in [-0.4, -0.2) is 39.5 Å². The number of rotatable bonds is 13. The van der Waals surface area contributed by atoms with E-state index in [9.17, 15) is 0 Å². The summed E-state index contributed by atoms with van der Waals surface area (Å²) in [5.74, 6) is 0. The van der Waals surface area contributed by atoms with Crippen LogP contribution >= 0.6 is 0 Å². The summed E-state index contributed by atoms with van der Waals surface area (Å²) in [5, 5.41) is 3.38. The smallest absolute Gasteiger partial charge is 0.0701 e. The molecule has 0 aliphatic heterocycles. The summed E-state index contributed by atoms with van der Waals surface area (Å²) in [6, 6.07) is 0. The molecular formula is C13H29NO2. The first-order valence-electron chi connectivity index (χ1n) is 6.78. The van der Waals surface area contributed by atoms with Gasteiger partial charge in [0.1, 0.15) is 0 Å². The summed E-state index contributed by atoms with van der Waals surface area (Å²) in [6.07, 6.45) is 6.37. The summed E-state index contributed by atoms with van der Waals surface area (Å²) in [5.41, 5.74) is 0. The van der Waals surface area contributed by atoms with E-state index in [1.165, 1.54) is 25.7 Å². The molecule has 0 radical (unpaired) electrons. The van der Waals surface area contributed by atoms with Crippen molar-refractivity contribution in [3.63, 3.8) is 0 Å². The van der Waals surface area contributed by atoms with Gasteiger partial charge in [0, 0.05) is 13.2 Å². The molecule has 0 amide bonds. The Morgan fingerprint density at radius 1 is 0.688 bits per heavy atom. The number of hydrogen-bond acceptors (Lipinski definition) is 3. The Hall–Kier alpha value is -0.120. The second kappa shape index (κ2) is 14.9. The van der Waals surface area contributed by atoms with Gasteiger partial charge in [-0.3, -0.25) is 0 Å². The highest BCUT2D eigenvalue weighted by Crippen LogP contribution is 1.96. The van der Waals surface area contributed by atoms with E-state index >= 15 is 0 Å². The average Bonchev–Trinajstić information content (AvgIpc) is 2.31. The van der Waals surface area contributed by atoms with Crippen LogP contribution in [0.15, 0.2) is 0 Å². The molecule has 0 aliphatic carbocycles. The van der Waals surface area contributed by atoms with Crippen LogP contribution in [0.1, 0.15) is 46.0 Å². The van der Waals surface area contributed by atoms with E-state index in [0.717, 1.165) is 45.9 Å². The zero-order chi connectivity index (χ0) is 11.9. The Morgan fingerprint density at radius 3 is 2.12 bits per heavy atom. The fourth-order valence-electron chi connectivity index (χ4n) is 1.41. The van der Waals surface area contributed by atoms with Crippen molar-refractivity contribution in [1.82, 2.24) is 5.32 Å². The average molecular weight is 231 g/mol. The summed E-state index contributed by atoms with van der Waals surface area (Å²) < 4.78 is 10.7. The molecule has 0 saturated heterocycles. The molecule has 0 spiro atoms. The monoisotopic (exact) mass is 231 g/mol. The molecule has 0 fully saturated rings. The summed E-state index contributed by atoms with van der Waals surface area (Å²) in [4.78, 5) is 0. The van der Waals surface area contributed by atoms with Gasteiger partial charge in [-0.25, -0.2) is 0 Å². The Kier molecular flexibility index (Phi) is 14.8. The number of ether oxygens (including phenoxy) is 2. The summed E-state index contributed by atoms with van der Waals surface area (Å²) >= 11 is 0. The second-order valence-corrected chi connectivity index (χ2v) is 4.04. The molecule has 0 aliphatic rings. The lowest BCUT2D eigenvalue weighted by Gasteiger charge is -2.06. The molecule has 3 nitrogen and oxygen atoms in total. The van der Waals surface area contributed by atoms with Crippen molar-refractivity contribution in [2.75, 3.05) is 39.5 Å². The van der Waals surface area contributed by atoms with Gasteiger partial charge >= 0.3 is 0 Å². The predicted octanol–water partition coefficient (Wildman–Crippen LogP) is 2.60. The van der Waals surface area contributed by atoms with Crippen molar-refractivity contribution in [3.8, 4) is 0 Å². The molecule has 0 rings (SSSR count). The topological polar surface area (TPSA) is 30.5 Å². The first-order chi connectivity index (χ1) is 7.91. The minimum absolute atomic E-state index is 0.720. The van der Waals surface area contributed by atoms with E-state index in [1.807, 2.05) is 0 Å².